The van der Waals surface area contributed by atoms with Crippen LogP contribution in [0.4, 0.5) is 0 Å². The summed E-state index contributed by atoms with van der Waals surface area (Å²) in [7, 11) is 0. The van der Waals surface area contributed by atoms with Crippen LogP contribution < -0.4 is 0 Å². The Morgan fingerprint density at radius 1 is 1.16 bits per heavy atom. The number of nitrogens with zero attached hydrogens (tertiary/aromatic N) is 1. The van der Waals surface area contributed by atoms with Crippen molar-refractivity contribution in [1.29, 1.82) is 0 Å². The maximum Gasteiger partial charge on any atom is 0.164 e. The van der Waals surface area contributed by atoms with Gasteiger partial charge in [0.05, 0.1) is 0 Å². The molecule has 0 fully saturated rings. The van der Waals surface area contributed by atoms with Crippen LogP contribution in [-0.2, 0) is 13.0 Å². The molecule has 0 amide bonds. The molecule has 0 saturated carbocycles. The van der Waals surface area contributed by atoms with Crippen LogP contribution in [0.25, 0.3) is 0 Å². The fourth-order valence-electron chi connectivity index (χ4n) is 2.23. The summed E-state index contributed by atoms with van der Waals surface area (Å²) in [6.45, 7) is 3.00. The largest absolute Gasteiger partial charge is 0.353 e. The number of aromatic nitrogens is 1. The van der Waals surface area contributed by atoms with Gasteiger partial charge in [0, 0.05) is 30.9 Å². The first-order chi connectivity index (χ1) is 9.29. The van der Waals surface area contributed by atoms with Crippen molar-refractivity contribution in [2.75, 3.05) is 0 Å². The lowest BCUT2D eigenvalue weighted by molar-refractivity contribution is 0.0981. The van der Waals surface area contributed by atoms with Crippen molar-refractivity contribution in [2.24, 2.45) is 0 Å². The molecule has 2 heteroatoms. The van der Waals surface area contributed by atoms with Gasteiger partial charge in [-0.05, 0) is 30.9 Å². The zero-order valence-corrected chi connectivity index (χ0v) is 11.5. The van der Waals surface area contributed by atoms with E-state index in [9.17, 15) is 4.79 Å². The first-order valence-electron chi connectivity index (χ1n) is 7.02. The van der Waals surface area contributed by atoms with Gasteiger partial charge in [-0.3, -0.25) is 4.79 Å². The second kappa shape index (κ2) is 6.93. The molecule has 0 spiro atoms. The van der Waals surface area contributed by atoms with Gasteiger partial charge >= 0.3 is 0 Å². The van der Waals surface area contributed by atoms with Gasteiger partial charge in [0.1, 0.15) is 0 Å². The molecule has 0 N–H and O–H groups in total. The molecule has 19 heavy (non-hydrogen) atoms. The third-order valence-corrected chi connectivity index (χ3v) is 3.27. The summed E-state index contributed by atoms with van der Waals surface area (Å²) in [6.07, 6.45) is 7.72. The smallest absolute Gasteiger partial charge is 0.164 e. The van der Waals surface area contributed by atoms with Crippen LogP contribution in [0, 0.1) is 0 Å². The first-order valence-corrected chi connectivity index (χ1v) is 7.02. The Hall–Kier alpha value is -1.83. The molecule has 100 valence electrons. The molecule has 0 atom stereocenters. The van der Waals surface area contributed by atoms with Gasteiger partial charge in [0.25, 0.3) is 0 Å². The van der Waals surface area contributed by atoms with Gasteiger partial charge in [-0.25, -0.2) is 0 Å². The second-order valence-electron chi connectivity index (χ2n) is 4.90. The summed E-state index contributed by atoms with van der Waals surface area (Å²) in [5.41, 5.74) is 2.22. The third-order valence-electron chi connectivity index (χ3n) is 3.27. The van der Waals surface area contributed by atoms with E-state index >= 15 is 0 Å². The molecule has 0 saturated heterocycles. The maximum absolute atomic E-state index is 11.7. The fraction of sp³-hybridized carbons (Fsp3) is 0.353. The zero-order valence-electron chi connectivity index (χ0n) is 11.5. The van der Waals surface area contributed by atoms with Crippen molar-refractivity contribution in [3.8, 4) is 0 Å². The quantitative estimate of drug-likeness (QED) is 0.683. The molecular weight excluding hydrogens is 234 g/mol. The lowest BCUT2D eigenvalue weighted by atomic mass is 10.1. The van der Waals surface area contributed by atoms with Gasteiger partial charge in [0.2, 0.25) is 0 Å². The number of hydrogen-bond donors (Lipinski definition) is 0. The van der Waals surface area contributed by atoms with E-state index in [1.165, 1.54) is 5.56 Å². The van der Waals surface area contributed by atoms with E-state index in [1.54, 1.807) is 0 Å². The lowest BCUT2D eigenvalue weighted by Gasteiger charge is -2.03. The summed E-state index contributed by atoms with van der Waals surface area (Å²) in [6, 6.07) is 12.4. The van der Waals surface area contributed by atoms with Crippen LogP contribution in [0.3, 0.4) is 0 Å². The summed E-state index contributed by atoms with van der Waals surface area (Å²) in [5.74, 6) is 0.254. The lowest BCUT2D eigenvalue weighted by Crippen LogP contribution is -1.99. The molecule has 1 aromatic heterocycles. The predicted molar refractivity (Wildman–Crippen MR) is 78.4 cm³/mol. The highest BCUT2D eigenvalue weighted by Crippen LogP contribution is 2.09. The summed E-state index contributed by atoms with van der Waals surface area (Å²) >= 11 is 0. The Bertz CT molecular complexity index is 513. The number of hydrogen-bond acceptors (Lipinski definition) is 1. The Balaban J connectivity index is 1.82. The van der Waals surface area contributed by atoms with Crippen LogP contribution in [-0.4, -0.2) is 10.4 Å². The van der Waals surface area contributed by atoms with Crippen LogP contribution in [0.2, 0.25) is 0 Å². The Morgan fingerprint density at radius 3 is 2.68 bits per heavy atom. The fourth-order valence-corrected chi connectivity index (χ4v) is 2.23. The number of aryl methyl sites for hydroxylation is 2. The molecule has 0 aliphatic heterocycles. The minimum Gasteiger partial charge on any atom is -0.353 e. The molecule has 2 nitrogen and oxygen atoms in total. The summed E-state index contributed by atoms with van der Waals surface area (Å²) in [4.78, 5) is 11.7. The highest BCUT2D eigenvalue weighted by Gasteiger charge is 2.05. The Kier molecular flexibility index (Phi) is 4.96. The topological polar surface area (TPSA) is 22.0 Å². The van der Waals surface area contributed by atoms with Crippen molar-refractivity contribution in [2.45, 2.75) is 39.2 Å². The molecule has 1 heterocycles. The monoisotopic (exact) mass is 255 g/mol. The summed E-state index contributed by atoms with van der Waals surface area (Å²) in [5, 5.41) is 0. The van der Waals surface area contributed by atoms with Gasteiger partial charge in [0.15, 0.2) is 5.78 Å². The van der Waals surface area contributed by atoms with E-state index in [1.807, 2.05) is 31.5 Å². The van der Waals surface area contributed by atoms with Crippen molar-refractivity contribution >= 4 is 5.78 Å². The maximum atomic E-state index is 11.7. The number of carbonyl (C=O) groups excluding carboxylic acids is 1. The first kappa shape index (κ1) is 13.6. The van der Waals surface area contributed by atoms with Gasteiger partial charge in [-0.2, -0.15) is 0 Å². The highest BCUT2D eigenvalue weighted by molar-refractivity contribution is 5.95. The van der Waals surface area contributed by atoms with Crippen molar-refractivity contribution in [1.82, 2.24) is 4.57 Å². The van der Waals surface area contributed by atoms with E-state index in [4.69, 9.17) is 0 Å². The van der Waals surface area contributed by atoms with E-state index in [2.05, 4.69) is 28.8 Å². The number of Topliss-reactive ketones (excluding diaryl/α,β-unsaturated/α-hetero) is 1. The molecule has 0 bridgehead atoms. The average Bonchev–Trinajstić information content (AvgIpc) is 2.89. The van der Waals surface area contributed by atoms with Crippen molar-refractivity contribution in [3.63, 3.8) is 0 Å². The number of carbonyl (C=O) groups is 1. The molecule has 0 unspecified atom stereocenters. The minimum absolute atomic E-state index is 0.254. The Morgan fingerprint density at radius 2 is 1.95 bits per heavy atom. The number of benzene rings is 1. The third kappa shape index (κ3) is 4.09. The highest BCUT2D eigenvalue weighted by atomic mass is 16.1. The number of ketones is 1. The molecule has 0 aliphatic rings. The molecule has 2 aromatic rings. The normalized spacial score (nSPS) is 10.6. The van der Waals surface area contributed by atoms with Crippen LogP contribution in [0.15, 0.2) is 48.8 Å². The second-order valence-corrected chi connectivity index (χ2v) is 4.90. The van der Waals surface area contributed by atoms with Crippen LogP contribution in [0.5, 0.6) is 0 Å². The molecule has 0 radical (unpaired) electrons. The van der Waals surface area contributed by atoms with Crippen molar-refractivity contribution in [3.05, 3.63) is 59.9 Å². The predicted octanol–water partition coefficient (Wildman–Crippen LogP) is 4.10. The van der Waals surface area contributed by atoms with Crippen LogP contribution >= 0.6 is 0 Å². The number of rotatable bonds is 7. The molecule has 0 aliphatic carbocycles. The minimum atomic E-state index is 0.254. The van der Waals surface area contributed by atoms with Gasteiger partial charge < -0.3 is 4.57 Å². The van der Waals surface area contributed by atoms with Crippen LogP contribution in [0.1, 0.15) is 42.1 Å². The molecular formula is C17H21NO. The zero-order chi connectivity index (χ0) is 13.5. The van der Waals surface area contributed by atoms with E-state index in [0.29, 0.717) is 6.42 Å². The van der Waals surface area contributed by atoms with E-state index < -0.39 is 0 Å². The van der Waals surface area contributed by atoms with Gasteiger partial charge in [-0.1, -0.05) is 37.3 Å². The summed E-state index contributed by atoms with van der Waals surface area (Å²) < 4.78 is 2.12. The Labute approximate surface area is 115 Å². The standard InChI is InChI=1S/C17H21NO/c1-2-7-17(19)16-11-13-18(14-16)12-6-10-15-8-4-3-5-9-15/h3-5,8-9,11,13-14H,2,6-7,10,12H2,1H3. The van der Waals surface area contributed by atoms with Crippen molar-refractivity contribution < 1.29 is 4.79 Å². The SMILES string of the molecule is CCCC(=O)c1ccn(CCCc2ccccc2)c1. The van der Waals surface area contributed by atoms with E-state index in [-0.39, 0.29) is 5.78 Å². The van der Waals surface area contributed by atoms with E-state index in [0.717, 1.165) is 31.4 Å². The van der Waals surface area contributed by atoms with Gasteiger partial charge in [-0.15, -0.1) is 0 Å². The average molecular weight is 255 g/mol. The molecule has 1 aromatic carbocycles. The molecule has 2 rings (SSSR count).